The molecule has 13 heavy (non-hydrogen) atoms. The predicted octanol–water partition coefficient (Wildman–Crippen LogP) is 1.63. The summed E-state index contributed by atoms with van der Waals surface area (Å²) in [4.78, 5) is 10.7. The van der Waals surface area contributed by atoms with Crippen LogP contribution in [0.25, 0.3) is 0 Å². The van der Waals surface area contributed by atoms with E-state index in [2.05, 4.69) is 0 Å². The number of halogens is 2. The van der Waals surface area contributed by atoms with Crippen LogP contribution in [-0.4, -0.2) is 22.8 Å². The molecule has 5 heteroatoms. The Morgan fingerprint density at radius 3 is 2.38 bits per heavy atom. The molecule has 0 radical (unpaired) electrons. The Morgan fingerprint density at radius 1 is 1.62 bits per heavy atom. The molecule has 0 aliphatic heterocycles. The average Bonchev–Trinajstić information content (AvgIpc) is 2.56. The number of aliphatic carboxylic acids is 1. The molecule has 0 amide bonds. The van der Waals surface area contributed by atoms with Gasteiger partial charge in [0, 0.05) is 17.9 Å². The van der Waals surface area contributed by atoms with Crippen LogP contribution in [0.4, 0.5) is 0 Å². The number of hydrogen-bond donors (Lipinski definition) is 2. The van der Waals surface area contributed by atoms with Crippen molar-refractivity contribution in [1.82, 2.24) is 0 Å². The Morgan fingerprint density at radius 2 is 2.15 bits per heavy atom. The third-order valence-corrected chi connectivity index (χ3v) is 2.89. The number of carboxylic acids is 1. The molecule has 2 N–H and O–H groups in total. The quantitative estimate of drug-likeness (QED) is 0.767. The van der Waals surface area contributed by atoms with Crippen molar-refractivity contribution in [1.29, 1.82) is 0 Å². The highest BCUT2D eigenvalue weighted by molar-refractivity contribution is 6.55. The van der Waals surface area contributed by atoms with Crippen molar-refractivity contribution in [3.8, 4) is 0 Å². The molecule has 0 bridgehead atoms. The fourth-order valence-electron chi connectivity index (χ4n) is 1.66. The molecule has 0 aromatic rings. The summed E-state index contributed by atoms with van der Waals surface area (Å²) in [7, 11) is 0. The second-order valence-corrected chi connectivity index (χ2v) is 4.47. The van der Waals surface area contributed by atoms with Crippen LogP contribution < -0.4 is 0 Å². The number of carboxylic acid groups (broad SMARTS) is 1. The van der Waals surface area contributed by atoms with E-state index in [0.29, 0.717) is 0 Å². The van der Waals surface area contributed by atoms with Gasteiger partial charge in [-0.05, 0) is 6.08 Å². The van der Waals surface area contributed by atoms with Gasteiger partial charge >= 0.3 is 5.97 Å². The van der Waals surface area contributed by atoms with Crippen LogP contribution in [0.15, 0.2) is 10.6 Å². The minimum absolute atomic E-state index is 0.0495. The third kappa shape index (κ3) is 1.82. The monoisotopic (exact) mass is 224 g/mol. The fourth-order valence-corrected chi connectivity index (χ4v) is 1.93. The summed E-state index contributed by atoms with van der Waals surface area (Å²) in [5.74, 6) is -1.77. The molecular formula is C8H10Cl2O3. The topological polar surface area (TPSA) is 57.5 Å². The summed E-state index contributed by atoms with van der Waals surface area (Å²) < 4.78 is 0.0495. The zero-order valence-corrected chi connectivity index (χ0v) is 8.51. The van der Waals surface area contributed by atoms with Crippen molar-refractivity contribution in [2.24, 2.45) is 17.3 Å². The zero-order chi connectivity index (χ0) is 10.2. The molecule has 0 spiro atoms. The number of hydrogen-bond acceptors (Lipinski definition) is 2. The zero-order valence-electron chi connectivity index (χ0n) is 7.00. The van der Waals surface area contributed by atoms with E-state index < -0.39 is 17.3 Å². The van der Waals surface area contributed by atoms with Crippen LogP contribution in [0.5, 0.6) is 0 Å². The number of aliphatic hydroxyl groups excluding tert-OH is 1. The standard InChI is InChI=1S/C8H10Cl2O3/c1-8(3-11)4(2-5(9)10)6(8)7(12)13/h2,4,6,11H,3H2,1H3,(H,12,13)/t4?,6-,8+/m1/s1. The van der Waals surface area contributed by atoms with Gasteiger partial charge in [-0.1, -0.05) is 30.1 Å². The Kier molecular flexibility index (Phi) is 2.90. The van der Waals surface area contributed by atoms with Crippen molar-refractivity contribution in [3.63, 3.8) is 0 Å². The van der Waals surface area contributed by atoms with Crippen molar-refractivity contribution < 1.29 is 15.0 Å². The predicted molar refractivity (Wildman–Crippen MR) is 49.6 cm³/mol. The van der Waals surface area contributed by atoms with Crippen molar-refractivity contribution >= 4 is 29.2 Å². The third-order valence-electron chi connectivity index (χ3n) is 2.63. The lowest BCUT2D eigenvalue weighted by Crippen LogP contribution is -2.10. The molecule has 74 valence electrons. The molecule has 0 heterocycles. The Labute approximate surface area is 86.0 Å². The van der Waals surface area contributed by atoms with E-state index in [9.17, 15) is 4.79 Å². The van der Waals surface area contributed by atoms with E-state index in [0.717, 1.165) is 0 Å². The first kappa shape index (κ1) is 10.8. The molecule has 3 atom stereocenters. The SMILES string of the molecule is C[C@]1(CO)C(C=C(Cl)Cl)[C@@H]1C(=O)O. The molecule has 3 nitrogen and oxygen atoms in total. The molecular weight excluding hydrogens is 215 g/mol. The van der Waals surface area contributed by atoms with Crippen LogP contribution in [0.2, 0.25) is 0 Å². The van der Waals surface area contributed by atoms with Gasteiger partial charge in [-0.2, -0.15) is 0 Å². The smallest absolute Gasteiger partial charge is 0.307 e. The minimum atomic E-state index is -0.924. The maximum Gasteiger partial charge on any atom is 0.307 e. The molecule has 0 aromatic heterocycles. The van der Waals surface area contributed by atoms with Crippen LogP contribution in [0.1, 0.15) is 6.92 Å². The van der Waals surface area contributed by atoms with Gasteiger partial charge in [0.05, 0.1) is 5.92 Å². The first-order valence-electron chi connectivity index (χ1n) is 3.80. The van der Waals surface area contributed by atoms with Crippen LogP contribution in [-0.2, 0) is 4.79 Å². The number of carbonyl (C=O) groups is 1. The lowest BCUT2D eigenvalue weighted by Gasteiger charge is -2.02. The molecule has 1 fully saturated rings. The maximum atomic E-state index is 10.7. The summed E-state index contributed by atoms with van der Waals surface area (Å²) in [5, 5.41) is 17.8. The van der Waals surface area contributed by atoms with Gasteiger partial charge in [-0.25, -0.2) is 0 Å². The van der Waals surface area contributed by atoms with Gasteiger partial charge in [0.15, 0.2) is 0 Å². The van der Waals surface area contributed by atoms with E-state index in [1.54, 1.807) is 6.92 Å². The van der Waals surface area contributed by atoms with Crippen molar-refractivity contribution in [2.75, 3.05) is 6.61 Å². The number of rotatable bonds is 3. The van der Waals surface area contributed by atoms with Crippen molar-refractivity contribution in [2.45, 2.75) is 6.92 Å². The molecule has 1 aliphatic rings. The highest BCUT2D eigenvalue weighted by Crippen LogP contribution is 2.59. The number of aliphatic hydroxyl groups is 1. The Hall–Kier alpha value is -0.250. The maximum absolute atomic E-state index is 10.7. The highest BCUT2D eigenvalue weighted by Gasteiger charge is 2.64. The Balaban J connectivity index is 2.79. The van der Waals surface area contributed by atoms with E-state index in [1.165, 1.54) is 6.08 Å². The second-order valence-electron chi connectivity index (χ2n) is 3.46. The van der Waals surface area contributed by atoms with Gasteiger partial charge in [-0.3, -0.25) is 4.79 Å². The normalized spacial score (nSPS) is 36.9. The molecule has 1 unspecified atom stereocenters. The van der Waals surface area contributed by atoms with Crippen LogP contribution >= 0.6 is 23.2 Å². The first-order chi connectivity index (χ1) is 5.93. The van der Waals surface area contributed by atoms with Crippen LogP contribution in [0, 0.1) is 17.3 Å². The minimum Gasteiger partial charge on any atom is -0.481 e. The molecule has 1 rings (SSSR count). The summed E-state index contributed by atoms with van der Waals surface area (Å²) >= 11 is 10.8. The lowest BCUT2D eigenvalue weighted by atomic mass is 10.1. The first-order valence-corrected chi connectivity index (χ1v) is 4.55. The molecule has 0 aromatic carbocycles. The van der Waals surface area contributed by atoms with E-state index in [4.69, 9.17) is 33.4 Å². The lowest BCUT2D eigenvalue weighted by molar-refractivity contribution is -0.139. The summed E-state index contributed by atoms with van der Waals surface area (Å²) in [6, 6.07) is 0. The van der Waals surface area contributed by atoms with Crippen LogP contribution in [0.3, 0.4) is 0 Å². The van der Waals surface area contributed by atoms with E-state index in [1.807, 2.05) is 0 Å². The van der Waals surface area contributed by atoms with Gasteiger partial charge in [0.2, 0.25) is 0 Å². The molecule has 1 aliphatic carbocycles. The van der Waals surface area contributed by atoms with Gasteiger partial charge in [0.1, 0.15) is 4.49 Å². The van der Waals surface area contributed by atoms with Gasteiger partial charge in [0.25, 0.3) is 0 Å². The summed E-state index contributed by atoms with van der Waals surface area (Å²) in [5.41, 5.74) is -0.610. The number of allylic oxidation sites excluding steroid dienone is 1. The summed E-state index contributed by atoms with van der Waals surface area (Å²) in [6.07, 6.45) is 1.47. The second kappa shape index (κ2) is 3.48. The molecule has 0 saturated heterocycles. The average molecular weight is 225 g/mol. The van der Waals surface area contributed by atoms with Gasteiger partial charge in [-0.15, -0.1) is 0 Å². The van der Waals surface area contributed by atoms with Gasteiger partial charge < -0.3 is 10.2 Å². The Bertz CT molecular complexity index is 260. The highest BCUT2D eigenvalue weighted by atomic mass is 35.5. The largest absolute Gasteiger partial charge is 0.481 e. The van der Waals surface area contributed by atoms with E-state index >= 15 is 0 Å². The van der Waals surface area contributed by atoms with Crippen molar-refractivity contribution in [3.05, 3.63) is 10.6 Å². The van der Waals surface area contributed by atoms with E-state index in [-0.39, 0.29) is 17.0 Å². The summed E-state index contributed by atoms with van der Waals surface area (Å²) in [6.45, 7) is 1.52. The fraction of sp³-hybridized carbons (Fsp3) is 0.625. The molecule has 1 saturated carbocycles.